The summed E-state index contributed by atoms with van der Waals surface area (Å²) in [6.45, 7) is 3.87. The number of nitrogens with one attached hydrogen (secondary N) is 1. The maximum Gasteiger partial charge on any atom is 0.254 e. The van der Waals surface area contributed by atoms with E-state index in [2.05, 4.69) is 5.32 Å². The fourth-order valence-electron chi connectivity index (χ4n) is 2.38. The second kappa shape index (κ2) is 6.15. The van der Waals surface area contributed by atoms with Crippen molar-refractivity contribution in [3.8, 4) is 0 Å². The van der Waals surface area contributed by atoms with E-state index in [1.165, 1.54) is 18.6 Å². The number of carbonyl (C=O) groups excluding carboxylic acids is 1. The molecule has 1 aliphatic rings. The molecule has 1 saturated carbocycles. The number of ether oxygens (including phenoxy) is 1. The Labute approximate surface area is 113 Å². The molecule has 0 aliphatic heterocycles. The summed E-state index contributed by atoms with van der Waals surface area (Å²) in [5, 5.41) is 2.83. The normalized spacial score (nSPS) is 16.7. The Hall–Kier alpha value is -1.42. The van der Waals surface area contributed by atoms with E-state index in [0.717, 1.165) is 12.8 Å². The Bertz CT molecular complexity index is 444. The van der Waals surface area contributed by atoms with Crippen LogP contribution in [0.5, 0.6) is 0 Å². The highest BCUT2D eigenvalue weighted by molar-refractivity contribution is 5.94. The van der Waals surface area contributed by atoms with E-state index in [4.69, 9.17) is 4.74 Å². The standard InChI is InChI=1S/C15H20FNO2/c1-2-19-11-15(8-5-9-15)10-17-14(18)12-6-3-4-7-13(12)16/h3-4,6-7H,2,5,8-11H2,1H3,(H,17,18). The average Bonchev–Trinajstić information content (AvgIpc) is 2.37. The van der Waals surface area contributed by atoms with Gasteiger partial charge in [-0.25, -0.2) is 4.39 Å². The molecule has 3 nitrogen and oxygen atoms in total. The SMILES string of the molecule is CCOCC1(CNC(=O)c2ccccc2F)CCC1. The monoisotopic (exact) mass is 265 g/mol. The van der Waals surface area contributed by atoms with Gasteiger partial charge < -0.3 is 10.1 Å². The van der Waals surface area contributed by atoms with Crippen molar-refractivity contribution in [3.63, 3.8) is 0 Å². The number of halogens is 1. The summed E-state index contributed by atoms with van der Waals surface area (Å²) in [7, 11) is 0. The number of hydrogen-bond acceptors (Lipinski definition) is 2. The number of benzene rings is 1. The summed E-state index contributed by atoms with van der Waals surface area (Å²) >= 11 is 0. The van der Waals surface area contributed by atoms with E-state index >= 15 is 0 Å². The third-order valence-corrected chi connectivity index (χ3v) is 3.77. The molecule has 4 heteroatoms. The minimum absolute atomic E-state index is 0.0525. The van der Waals surface area contributed by atoms with Crippen molar-refractivity contribution >= 4 is 5.91 Å². The van der Waals surface area contributed by atoms with Gasteiger partial charge in [0.1, 0.15) is 5.82 Å². The summed E-state index contributed by atoms with van der Waals surface area (Å²) in [5.74, 6) is -0.826. The largest absolute Gasteiger partial charge is 0.381 e. The Morgan fingerprint density at radius 3 is 2.74 bits per heavy atom. The highest BCUT2D eigenvalue weighted by Gasteiger charge is 2.37. The summed E-state index contributed by atoms with van der Waals surface area (Å²) in [4.78, 5) is 11.9. The van der Waals surface area contributed by atoms with Crippen molar-refractivity contribution in [2.24, 2.45) is 5.41 Å². The Morgan fingerprint density at radius 1 is 1.42 bits per heavy atom. The first-order valence-electron chi connectivity index (χ1n) is 6.77. The molecule has 1 amide bonds. The van der Waals surface area contributed by atoms with E-state index in [9.17, 15) is 9.18 Å². The van der Waals surface area contributed by atoms with Crippen LogP contribution in [0.15, 0.2) is 24.3 Å². The zero-order chi connectivity index (χ0) is 13.7. The molecular weight excluding hydrogens is 245 g/mol. The molecule has 0 atom stereocenters. The summed E-state index contributed by atoms with van der Waals surface area (Å²) in [5.41, 5.74) is 0.157. The second-order valence-corrected chi connectivity index (χ2v) is 5.15. The maximum atomic E-state index is 13.5. The van der Waals surface area contributed by atoms with Gasteiger partial charge in [-0.2, -0.15) is 0 Å². The molecular formula is C15H20FNO2. The molecule has 0 saturated heterocycles. The van der Waals surface area contributed by atoms with Gasteiger partial charge in [0.2, 0.25) is 0 Å². The van der Waals surface area contributed by atoms with Crippen LogP contribution in [-0.4, -0.2) is 25.7 Å². The van der Waals surface area contributed by atoms with Crippen LogP contribution >= 0.6 is 0 Å². The number of rotatable bonds is 6. The first kappa shape index (κ1) is 14.0. The Kier molecular flexibility index (Phi) is 4.53. The minimum Gasteiger partial charge on any atom is -0.381 e. The van der Waals surface area contributed by atoms with E-state index in [0.29, 0.717) is 19.8 Å². The summed E-state index contributed by atoms with van der Waals surface area (Å²) in [6.07, 6.45) is 3.29. The van der Waals surface area contributed by atoms with Crippen molar-refractivity contribution < 1.29 is 13.9 Å². The fourth-order valence-corrected chi connectivity index (χ4v) is 2.38. The summed E-state index contributed by atoms with van der Waals surface area (Å²) in [6, 6.07) is 6.04. The highest BCUT2D eigenvalue weighted by Crippen LogP contribution is 2.40. The van der Waals surface area contributed by atoms with Crippen LogP contribution in [-0.2, 0) is 4.74 Å². The topological polar surface area (TPSA) is 38.3 Å². The predicted octanol–water partition coefficient (Wildman–Crippen LogP) is 2.76. The van der Waals surface area contributed by atoms with Crippen LogP contribution in [0.1, 0.15) is 36.5 Å². The quantitative estimate of drug-likeness (QED) is 0.859. The van der Waals surface area contributed by atoms with Crippen LogP contribution in [0, 0.1) is 11.2 Å². The van der Waals surface area contributed by atoms with Gasteiger partial charge in [0.25, 0.3) is 5.91 Å². The highest BCUT2D eigenvalue weighted by atomic mass is 19.1. The molecule has 19 heavy (non-hydrogen) atoms. The molecule has 1 fully saturated rings. The molecule has 1 aromatic rings. The molecule has 1 aliphatic carbocycles. The molecule has 104 valence electrons. The molecule has 0 unspecified atom stereocenters. The molecule has 1 aromatic carbocycles. The molecule has 0 spiro atoms. The molecule has 0 heterocycles. The lowest BCUT2D eigenvalue weighted by Crippen LogP contribution is -2.45. The van der Waals surface area contributed by atoms with Crippen molar-refractivity contribution in [1.29, 1.82) is 0 Å². The van der Waals surface area contributed by atoms with Crippen molar-refractivity contribution in [3.05, 3.63) is 35.6 Å². The van der Waals surface area contributed by atoms with Crippen molar-refractivity contribution in [1.82, 2.24) is 5.32 Å². The first-order valence-corrected chi connectivity index (χ1v) is 6.77. The number of hydrogen-bond donors (Lipinski definition) is 1. The van der Waals surface area contributed by atoms with Crippen LogP contribution in [0.25, 0.3) is 0 Å². The second-order valence-electron chi connectivity index (χ2n) is 5.15. The summed E-state index contributed by atoms with van der Waals surface area (Å²) < 4.78 is 19.0. The van der Waals surface area contributed by atoms with Crippen LogP contribution in [0.3, 0.4) is 0 Å². The first-order chi connectivity index (χ1) is 9.17. The fraction of sp³-hybridized carbons (Fsp3) is 0.533. The lowest BCUT2D eigenvalue weighted by atomic mass is 9.69. The van der Waals surface area contributed by atoms with Gasteiger partial charge in [-0.05, 0) is 31.9 Å². The minimum atomic E-state index is -0.479. The van der Waals surface area contributed by atoms with Gasteiger partial charge in [0.05, 0.1) is 12.2 Å². The van der Waals surface area contributed by atoms with Crippen molar-refractivity contribution in [2.75, 3.05) is 19.8 Å². The van der Waals surface area contributed by atoms with Gasteiger partial charge in [-0.15, -0.1) is 0 Å². The van der Waals surface area contributed by atoms with Crippen molar-refractivity contribution in [2.45, 2.75) is 26.2 Å². The van der Waals surface area contributed by atoms with Crippen LogP contribution < -0.4 is 5.32 Å². The predicted molar refractivity (Wildman–Crippen MR) is 71.5 cm³/mol. The van der Waals surface area contributed by atoms with Crippen LogP contribution in [0.2, 0.25) is 0 Å². The zero-order valence-electron chi connectivity index (χ0n) is 11.2. The van der Waals surface area contributed by atoms with Gasteiger partial charge in [-0.3, -0.25) is 4.79 Å². The van der Waals surface area contributed by atoms with Gasteiger partial charge in [-0.1, -0.05) is 18.6 Å². The third-order valence-electron chi connectivity index (χ3n) is 3.77. The van der Waals surface area contributed by atoms with Gasteiger partial charge in [0, 0.05) is 18.6 Å². The molecule has 2 rings (SSSR count). The van der Waals surface area contributed by atoms with E-state index in [-0.39, 0.29) is 16.9 Å². The number of amides is 1. The molecule has 1 N–H and O–H groups in total. The Balaban J connectivity index is 1.91. The lowest BCUT2D eigenvalue weighted by Gasteiger charge is -2.41. The number of carbonyl (C=O) groups is 1. The average molecular weight is 265 g/mol. The van der Waals surface area contributed by atoms with Crippen LogP contribution in [0.4, 0.5) is 4.39 Å². The Morgan fingerprint density at radius 2 is 2.16 bits per heavy atom. The van der Waals surface area contributed by atoms with Gasteiger partial charge in [0.15, 0.2) is 0 Å². The van der Waals surface area contributed by atoms with E-state index < -0.39 is 5.82 Å². The molecule has 0 bridgehead atoms. The van der Waals surface area contributed by atoms with Gasteiger partial charge >= 0.3 is 0 Å². The molecule has 0 aromatic heterocycles. The third kappa shape index (κ3) is 3.32. The van der Waals surface area contributed by atoms with E-state index in [1.54, 1.807) is 12.1 Å². The van der Waals surface area contributed by atoms with E-state index in [1.807, 2.05) is 6.92 Å². The molecule has 0 radical (unpaired) electrons. The smallest absolute Gasteiger partial charge is 0.254 e. The maximum absolute atomic E-state index is 13.5. The zero-order valence-corrected chi connectivity index (χ0v) is 11.2. The lowest BCUT2D eigenvalue weighted by molar-refractivity contribution is -0.000206.